The van der Waals surface area contributed by atoms with Crippen molar-refractivity contribution in [3.63, 3.8) is 0 Å². The van der Waals surface area contributed by atoms with Crippen molar-refractivity contribution in [3.05, 3.63) is 51.5 Å². The average Bonchev–Trinajstić information content (AvgIpc) is 3.18. The molecule has 29 heavy (non-hydrogen) atoms. The fourth-order valence-electron chi connectivity index (χ4n) is 2.86. The minimum absolute atomic E-state index is 0.222. The Kier molecular flexibility index (Phi) is 7.94. The van der Waals surface area contributed by atoms with E-state index < -0.39 is 12.0 Å². The van der Waals surface area contributed by atoms with Crippen LogP contribution in [0.4, 0.5) is 0 Å². The maximum Gasteiger partial charge on any atom is 0.321 e. The molecule has 156 valence electrons. The monoisotopic (exact) mass is 501 g/mol. The number of ether oxygens (including phenoxy) is 3. The normalized spacial score (nSPS) is 18.4. The Morgan fingerprint density at radius 2 is 1.93 bits per heavy atom. The first-order chi connectivity index (χ1) is 14.0. The van der Waals surface area contributed by atoms with Crippen LogP contribution < -0.4 is 19.5 Å². The van der Waals surface area contributed by atoms with Crippen LogP contribution in [0.15, 0.2) is 40.9 Å². The molecule has 6 nitrogen and oxygen atoms in total. The second-order valence-corrected chi connectivity index (χ2v) is 8.58. The van der Waals surface area contributed by atoms with E-state index in [0.29, 0.717) is 52.3 Å². The summed E-state index contributed by atoms with van der Waals surface area (Å²) in [4.78, 5) is 11.2. The highest BCUT2D eigenvalue weighted by Crippen LogP contribution is 2.42. The number of hydrogen-bond acceptors (Lipinski definition) is 6. The second kappa shape index (κ2) is 10.4. The third kappa shape index (κ3) is 5.72. The van der Waals surface area contributed by atoms with Gasteiger partial charge in [-0.05, 0) is 47.1 Å². The lowest BCUT2D eigenvalue weighted by molar-refractivity contribution is -0.138. The van der Waals surface area contributed by atoms with E-state index in [1.54, 1.807) is 12.1 Å². The topological polar surface area (TPSA) is 77.0 Å². The molecular weight excluding hydrogens is 482 g/mol. The van der Waals surface area contributed by atoms with Crippen LogP contribution in [-0.4, -0.2) is 42.7 Å². The maximum absolute atomic E-state index is 11.2. The largest absolute Gasteiger partial charge is 0.490 e. The van der Waals surface area contributed by atoms with Crippen LogP contribution in [0.2, 0.25) is 5.02 Å². The van der Waals surface area contributed by atoms with Crippen LogP contribution in [0.25, 0.3) is 0 Å². The summed E-state index contributed by atoms with van der Waals surface area (Å²) in [7, 11) is 0. The lowest BCUT2D eigenvalue weighted by Crippen LogP contribution is -2.33. The summed E-state index contributed by atoms with van der Waals surface area (Å²) in [5.41, 5.74) is 0.799. The molecule has 2 aromatic rings. The van der Waals surface area contributed by atoms with Gasteiger partial charge in [-0.2, -0.15) is 0 Å². The minimum Gasteiger partial charge on any atom is -0.490 e. The first-order valence-corrected chi connectivity index (χ1v) is 11.3. The smallest absolute Gasteiger partial charge is 0.321 e. The lowest BCUT2D eigenvalue weighted by Gasteiger charge is -2.19. The lowest BCUT2D eigenvalue weighted by atomic mass is 10.2. The SMILES string of the molecule is CCOc1ccccc1OCCOc1c(Br)cc(Cl)cc1C1NC(C(=O)O)CS1. The number of hydrogen-bond donors (Lipinski definition) is 2. The molecule has 1 fully saturated rings. The average molecular weight is 503 g/mol. The zero-order chi connectivity index (χ0) is 20.8. The number of rotatable bonds is 9. The molecular formula is C20H21BrClNO5S. The van der Waals surface area contributed by atoms with Gasteiger partial charge in [0.2, 0.25) is 0 Å². The molecule has 9 heteroatoms. The van der Waals surface area contributed by atoms with Crippen molar-refractivity contribution in [2.75, 3.05) is 25.6 Å². The zero-order valence-electron chi connectivity index (χ0n) is 15.7. The Morgan fingerprint density at radius 1 is 1.24 bits per heavy atom. The number of carboxylic acid groups (broad SMARTS) is 1. The fourth-order valence-corrected chi connectivity index (χ4v) is 5.05. The quantitative estimate of drug-likeness (QED) is 0.479. The molecule has 0 aliphatic carbocycles. The predicted octanol–water partition coefficient (Wildman–Crippen LogP) is 4.75. The predicted molar refractivity (Wildman–Crippen MR) is 118 cm³/mol. The van der Waals surface area contributed by atoms with E-state index in [0.717, 1.165) is 5.56 Å². The molecule has 1 heterocycles. The third-order valence-electron chi connectivity index (χ3n) is 4.14. The van der Waals surface area contributed by atoms with Gasteiger partial charge < -0.3 is 19.3 Å². The number of para-hydroxylation sites is 2. The summed E-state index contributed by atoms with van der Waals surface area (Å²) >= 11 is 11.2. The van der Waals surface area contributed by atoms with Crippen molar-refractivity contribution in [1.82, 2.24) is 5.32 Å². The summed E-state index contributed by atoms with van der Waals surface area (Å²) < 4.78 is 18.0. The van der Waals surface area contributed by atoms with E-state index in [4.69, 9.17) is 25.8 Å². The van der Waals surface area contributed by atoms with Gasteiger partial charge in [-0.25, -0.2) is 0 Å². The standard InChI is InChI=1S/C20H21BrClNO5S/c1-2-26-16-5-3-4-6-17(16)27-7-8-28-18-13(9-12(22)10-14(18)21)19-23-15(11-29-19)20(24)25/h3-6,9-10,15,19,23H,2,7-8,11H2,1H3,(H,24,25). The van der Waals surface area contributed by atoms with Gasteiger partial charge in [-0.3, -0.25) is 10.1 Å². The van der Waals surface area contributed by atoms with Gasteiger partial charge in [0.15, 0.2) is 11.5 Å². The van der Waals surface area contributed by atoms with Crippen LogP contribution >= 0.6 is 39.3 Å². The summed E-state index contributed by atoms with van der Waals surface area (Å²) in [6.07, 6.45) is 0. The van der Waals surface area contributed by atoms with Crippen molar-refractivity contribution in [2.24, 2.45) is 0 Å². The van der Waals surface area contributed by atoms with E-state index >= 15 is 0 Å². The molecule has 2 atom stereocenters. The fraction of sp³-hybridized carbons (Fsp3) is 0.350. The van der Waals surface area contributed by atoms with Crippen LogP contribution in [0.5, 0.6) is 17.2 Å². The van der Waals surface area contributed by atoms with Crippen LogP contribution in [0.1, 0.15) is 17.9 Å². The molecule has 0 saturated carbocycles. The Labute approximate surface area is 187 Å². The van der Waals surface area contributed by atoms with Gasteiger partial charge in [0, 0.05) is 16.3 Å². The molecule has 0 bridgehead atoms. The molecule has 2 N–H and O–H groups in total. The van der Waals surface area contributed by atoms with Gasteiger partial charge in [0.05, 0.1) is 16.5 Å². The van der Waals surface area contributed by atoms with Crippen molar-refractivity contribution in [1.29, 1.82) is 0 Å². The molecule has 0 radical (unpaired) electrons. The van der Waals surface area contributed by atoms with Crippen LogP contribution in [0, 0.1) is 0 Å². The Balaban J connectivity index is 1.66. The summed E-state index contributed by atoms with van der Waals surface area (Å²) in [5, 5.41) is 12.6. The summed E-state index contributed by atoms with van der Waals surface area (Å²) in [6.45, 7) is 3.10. The van der Waals surface area contributed by atoms with Gasteiger partial charge in [0.1, 0.15) is 25.0 Å². The third-order valence-corrected chi connectivity index (χ3v) is 6.19. The highest BCUT2D eigenvalue weighted by Gasteiger charge is 2.32. The van der Waals surface area contributed by atoms with Crippen molar-refractivity contribution < 1.29 is 24.1 Å². The molecule has 0 aromatic heterocycles. The molecule has 2 aromatic carbocycles. The molecule has 1 aliphatic heterocycles. The highest BCUT2D eigenvalue weighted by atomic mass is 79.9. The van der Waals surface area contributed by atoms with E-state index in [1.807, 2.05) is 31.2 Å². The van der Waals surface area contributed by atoms with Crippen LogP contribution in [-0.2, 0) is 4.79 Å². The second-order valence-electron chi connectivity index (χ2n) is 6.15. The van der Waals surface area contributed by atoms with E-state index in [-0.39, 0.29) is 5.37 Å². The first kappa shape index (κ1) is 22.1. The first-order valence-electron chi connectivity index (χ1n) is 9.06. The molecule has 1 aliphatic rings. The number of nitrogens with one attached hydrogen (secondary N) is 1. The van der Waals surface area contributed by atoms with Gasteiger partial charge in [-0.1, -0.05) is 23.7 Å². The molecule has 2 unspecified atom stereocenters. The Bertz CT molecular complexity index is 869. The Morgan fingerprint density at radius 3 is 2.59 bits per heavy atom. The number of carbonyl (C=O) groups is 1. The number of aliphatic carboxylic acids is 1. The molecule has 1 saturated heterocycles. The van der Waals surface area contributed by atoms with Gasteiger partial charge in [-0.15, -0.1) is 11.8 Å². The highest BCUT2D eigenvalue weighted by molar-refractivity contribution is 9.10. The number of benzene rings is 2. The molecule has 0 amide bonds. The Hall–Kier alpha value is -1.61. The summed E-state index contributed by atoms with van der Waals surface area (Å²) in [6, 6.07) is 10.4. The van der Waals surface area contributed by atoms with E-state index in [9.17, 15) is 9.90 Å². The van der Waals surface area contributed by atoms with E-state index in [2.05, 4.69) is 21.2 Å². The minimum atomic E-state index is -0.870. The number of halogens is 2. The number of thioether (sulfide) groups is 1. The summed E-state index contributed by atoms with van der Waals surface area (Å²) in [5.74, 6) is 1.57. The molecule has 0 spiro atoms. The maximum atomic E-state index is 11.2. The van der Waals surface area contributed by atoms with Crippen molar-refractivity contribution in [3.8, 4) is 17.2 Å². The van der Waals surface area contributed by atoms with Crippen molar-refractivity contribution >= 4 is 45.3 Å². The van der Waals surface area contributed by atoms with Gasteiger partial charge >= 0.3 is 5.97 Å². The zero-order valence-corrected chi connectivity index (χ0v) is 18.9. The van der Waals surface area contributed by atoms with Gasteiger partial charge in [0.25, 0.3) is 0 Å². The van der Waals surface area contributed by atoms with Crippen LogP contribution in [0.3, 0.4) is 0 Å². The molecule has 3 rings (SSSR count). The number of carboxylic acids is 1. The van der Waals surface area contributed by atoms with E-state index in [1.165, 1.54) is 11.8 Å². The van der Waals surface area contributed by atoms with Crippen molar-refractivity contribution in [2.45, 2.75) is 18.3 Å².